The maximum Gasteiger partial charge on any atom is 0.270 e. The molecule has 0 unspecified atom stereocenters. The number of ether oxygens (including phenoxy) is 2. The van der Waals surface area contributed by atoms with Gasteiger partial charge in [0.25, 0.3) is 17.7 Å². The Labute approximate surface area is 210 Å². The number of para-hydroxylation sites is 1. The van der Waals surface area contributed by atoms with E-state index in [-0.39, 0.29) is 23.2 Å². The van der Waals surface area contributed by atoms with E-state index in [0.717, 1.165) is 5.56 Å². The number of carbonyl (C=O) groups is 3. The number of amides is 3. The second-order valence-corrected chi connectivity index (χ2v) is 8.96. The molecule has 2 aromatic carbocycles. The number of anilines is 1. The number of nitrogens with one attached hydrogen (secondary N) is 1. The summed E-state index contributed by atoms with van der Waals surface area (Å²) in [7, 11) is 0. The zero-order chi connectivity index (χ0) is 24.2. The highest BCUT2D eigenvalue weighted by atomic mass is 79.9. The Morgan fingerprint density at radius 3 is 2.65 bits per heavy atom. The van der Waals surface area contributed by atoms with Crippen LogP contribution in [0.3, 0.4) is 0 Å². The summed E-state index contributed by atoms with van der Waals surface area (Å²) in [6, 6.07) is 12.4. The van der Waals surface area contributed by atoms with Crippen LogP contribution in [0.15, 0.2) is 52.5 Å². The quantitative estimate of drug-likeness (QED) is 0.354. The van der Waals surface area contributed by atoms with Gasteiger partial charge in [-0.15, -0.1) is 0 Å². The van der Waals surface area contributed by atoms with Crippen molar-refractivity contribution in [1.82, 2.24) is 10.2 Å². The first kappa shape index (κ1) is 24.1. The molecule has 2 aromatic rings. The SMILES string of the molecule is Cc1ccccc1N1C(=O)/C(=C/c2ccc(OCC(=O)N3CCOCC3)c(Br)c2)C(=O)NC1=S. The molecule has 2 aliphatic heterocycles. The monoisotopic (exact) mass is 543 g/mol. The number of nitrogens with zero attached hydrogens (tertiary/aromatic N) is 2. The molecule has 0 spiro atoms. The third-order valence-electron chi connectivity index (χ3n) is 5.44. The molecule has 10 heteroatoms. The van der Waals surface area contributed by atoms with Crippen LogP contribution in [0.5, 0.6) is 5.75 Å². The lowest BCUT2D eigenvalue weighted by Gasteiger charge is -2.30. The first-order chi connectivity index (χ1) is 16.3. The van der Waals surface area contributed by atoms with Crippen LogP contribution >= 0.6 is 28.1 Å². The van der Waals surface area contributed by atoms with Crippen molar-refractivity contribution in [2.75, 3.05) is 37.8 Å². The Hall–Kier alpha value is -3.08. The Balaban J connectivity index is 1.51. The first-order valence-electron chi connectivity index (χ1n) is 10.6. The van der Waals surface area contributed by atoms with Crippen LogP contribution in [0.2, 0.25) is 0 Å². The molecule has 3 amide bonds. The van der Waals surface area contributed by atoms with Crippen molar-refractivity contribution in [1.29, 1.82) is 0 Å². The number of thiocarbonyl (C=S) groups is 1. The fourth-order valence-electron chi connectivity index (χ4n) is 3.62. The molecule has 0 saturated carbocycles. The highest BCUT2D eigenvalue weighted by Gasteiger charge is 2.35. The number of benzene rings is 2. The van der Waals surface area contributed by atoms with Gasteiger partial charge in [-0.25, -0.2) is 0 Å². The molecule has 0 atom stereocenters. The largest absolute Gasteiger partial charge is 0.483 e. The van der Waals surface area contributed by atoms with E-state index in [1.807, 2.05) is 19.1 Å². The van der Waals surface area contributed by atoms with Crippen LogP contribution in [0.25, 0.3) is 6.08 Å². The van der Waals surface area contributed by atoms with Gasteiger partial charge in [0.2, 0.25) is 0 Å². The predicted molar refractivity (Wildman–Crippen MR) is 134 cm³/mol. The second kappa shape index (κ2) is 10.5. The van der Waals surface area contributed by atoms with Gasteiger partial charge in [-0.1, -0.05) is 24.3 Å². The highest BCUT2D eigenvalue weighted by Crippen LogP contribution is 2.29. The summed E-state index contributed by atoms with van der Waals surface area (Å²) < 4.78 is 11.5. The topological polar surface area (TPSA) is 88.2 Å². The summed E-state index contributed by atoms with van der Waals surface area (Å²) in [6.45, 7) is 3.92. The number of halogens is 1. The number of morpholine rings is 1. The predicted octanol–water partition coefficient (Wildman–Crippen LogP) is 2.83. The van der Waals surface area contributed by atoms with Crippen LogP contribution in [-0.4, -0.2) is 60.6 Å². The Morgan fingerprint density at radius 1 is 1.21 bits per heavy atom. The molecule has 2 aliphatic rings. The summed E-state index contributed by atoms with van der Waals surface area (Å²) in [5.41, 5.74) is 2.03. The van der Waals surface area contributed by atoms with Crippen LogP contribution < -0.4 is 15.0 Å². The van der Waals surface area contributed by atoms with Crippen molar-refractivity contribution in [3.05, 3.63) is 63.6 Å². The zero-order valence-electron chi connectivity index (χ0n) is 18.4. The van der Waals surface area contributed by atoms with Gasteiger partial charge in [-0.05, 0) is 70.5 Å². The lowest BCUT2D eigenvalue weighted by atomic mass is 10.1. The number of hydrogen-bond acceptors (Lipinski definition) is 6. The Morgan fingerprint density at radius 2 is 1.94 bits per heavy atom. The van der Waals surface area contributed by atoms with Crippen molar-refractivity contribution in [3.63, 3.8) is 0 Å². The third kappa shape index (κ3) is 5.19. The van der Waals surface area contributed by atoms with Gasteiger partial charge in [-0.2, -0.15) is 0 Å². The van der Waals surface area contributed by atoms with Gasteiger partial charge in [0, 0.05) is 13.1 Å². The number of rotatable bonds is 5. The molecule has 0 aliphatic carbocycles. The van der Waals surface area contributed by atoms with E-state index in [4.69, 9.17) is 21.7 Å². The highest BCUT2D eigenvalue weighted by molar-refractivity contribution is 9.10. The van der Waals surface area contributed by atoms with Crippen molar-refractivity contribution in [2.45, 2.75) is 6.92 Å². The van der Waals surface area contributed by atoms with E-state index in [2.05, 4.69) is 21.2 Å². The lowest BCUT2D eigenvalue weighted by molar-refractivity contribution is -0.137. The molecule has 34 heavy (non-hydrogen) atoms. The molecule has 8 nitrogen and oxygen atoms in total. The van der Waals surface area contributed by atoms with Gasteiger partial charge < -0.3 is 14.4 Å². The molecule has 2 saturated heterocycles. The molecule has 0 bridgehead atoms. The molecule has 0 aromatic heterocycles. The minimum absolute atomic E-state index is 0.0383. The van der Waals surface area contributed by atoms with Gasteiger partial charge >= 0.3 is 0 Å². The molecule has 2 heterocycles. The molecule has 1 N–H and O–H groups in total. The van der Waals surface area contributed by atoms with E-state index in [1.54, 1.807) is 35.2 Å². The fraction of sp³-hybridized carbons (Fsp3) is 0.250. The molecule has 0 radical (unpaired) electrons. The van der Waals surface area contributed by atoms with E-state index in [1.165, 1.54) is 11.0 Å². The smallest absolute Gasteiger partial charge is 0.270 e. The summed E-state index contributed by atoms with van der Waals surface area (Å²) >= 11 is 8.70. The van der Waals surface area contributed by atoms with Gasteiger partial charge in [0.1, 0.15) is 11.3 Å². The number of carbonyl (C=O) groups excluding carboxylic acids is 3. The summed E-state index contributed by atoms with van der Waals surface area (Å²) in [5, 5.41) is 2.63. The fourth-order valence-corrected chi connectivity index (χ4v) is 4.41. The van der Waals surface area contributed by atoms with Crippen molar-refractivity contribution in [2.24, 2.45) is 0 Å². The molecular formula is C24H22BrN3O5S. The van der Waals surface area contributed by atoms with E-state index >= 15 is 0 Å². The van der Waals surface area contributed by atoms with Crippen molar-refractivity contribution >= 4 is 62.7 Å². The van der Waals surface area contributed by atoms with Crippen LogP contribution in [0, 0.1) is 6.92 Å². The molecule has 176 valence electrons. The van der Waals surface area contributed by atoms with Crippen molar-refractivity contribution in [3.8, 4) is 5.75 Å². The maximum absolute atomic E-state index is 13.2. The molecule has 4 rings (SSSR count). The van der Waals surface area contributed by atoms with Crippen molar-refractivity contribution < 1.29 is 23.9 Å². The van der Waals surface area contributed by atoms with E-state index in [0.29, 0.717) is 47.8 Å². The van der Waals surface area contributed by atoms with E-state index < -0.39 is 11.8 Å². The Kier molecular flexibility index (Phi) is 7.40. The minimum Gasteiger partial charge on any atom is -0.483 e. The summed E-state index contributed by atoms with van der Waals surface area (Å²) in [6.07, 6.45) is 1.50. The average molecular weight is 544 g/mol. The zero-order valence-corrected chi connectivity index (χ0v) is 20.8. The normalized spacial score (nSPS) is 17.7. The van der Waals surface area contributed by atoms with Crippen LogP contribution in [0.4, 0.5) is 5.69 Å². The second-order valence-electron chi connectivity index (χ2n) is 7.72. The lowest BCUT2D eigenvalue weighted by Crippen LogP contribution is -2.54. The number of aryl methyl sites for hydroxylation is 1. The minimum atomic E-state index is -0.563. The standard InChI is InChI=1S/C24H22BrN3O5S/c1-15-4-2-3-5-19(15)28-23(31)17(22(30)26-24(28)34)12-16-6-7-20(18(25)13-16)33-14-21(29)27-8-10-32-11-9-27/h2-7,12-13H,8-11,14H2,1H3,(H,26,30,34)/b17-12+. The molecular weight excluding hydrogens is 522 g/mol. The third-order valence-corrected chi connectivity index (χ3v) is 6.34. The van der Waals surface area contributed by atoms with Gasteiger partial charge in [0.05, 0.1) is 23.4 Å². The summed E-state index contributed by atoms with van der Waals surface area (Å²) in [4.78, 5) is 41.1. The van der Waals surface area contributed by atoms with E-state index in [9.17, 15) is 14.4 Å². The Bertz CT molecular complexity index is 1190. The van der Waals surface area contributed by atoms with Gasteiger partial charge in [0.15, 0.2) is 11.7 Å². The van der Waals surface area contributed by atoms with Gasteiger partial charge in [-0.3, -0.25) is 24.6 Å². The molecule has 2 fully saturated rings. The first-order valence-corrected chi connectivity index (χ1v) is 11.8. The number of hydrogen-bond donors (Lipinski definition) is 1. The maximum atomic E-state index is 13.2. The van der Waals surface area contributed by atoms with Crippen LogP contribution in [0.1, 0.15) is 11.1 Å². The van der Waals surface area contributed by atoms with Crippen LogP contribution in [-0.2, 0) is 19.1 Å². The summed E-state index contributed by atoms with van der Waals surface area (Å²) in [5.74, 6) is -0.702. The average Bonchev–Trinajstić information content (AvgIpc) is 2.82.